The van der Waals surface area contributed by atoms with Crippen LogP contribution in [0.5, 0.6) is 0 Å². The monoisotopic (exact) mass is 292 g/mol. The second kappa shape index (κ2) is 6.13. The Bertz CT molecular complexity index is 512. The number of rotatable bonds is 5. The van der Waals surface area contributed by atoms with Crippen LogP contribution in [0, 0.1) is 0 Å². The first-order valence-corrected chi connectivity index (χ1v) is 6.79. The van der Waals surface area contributed by atoms with Crippen LogP contribution in [0.2, 0.25) is 0 Å². The highest BCUT2D eigenvalue weighted by atomic mass is 16.5. The van der Waals surface area contributed by atoms with E-state index in [2.05, 4.69) is 0 Å². The van der Waals surface area contributed by atoms with E-state index in [4.69, 9.17) is 9.84 Å². The summed E-state index contributed by atoms with van der Waals surface area (Å²) < 4.78 is 5.29. The maximum absolute atomic E-state index is 12.2. The fourth-order valence-corrected chi connectivity index (χ4v) is 2.39. The van der Waals surface area contributed by atoms with Gasteiger partial charge in [-0.25, -0.2) is 9.59 Å². The highest BCUT2D eigenvalue weighted by Gasteiger charge is 2.43. The molecule has 0 bridgehead atoms. The van der Waals surface area contributed by atoms with Crippen LogP contribution in [0.1, 0.15) is 12.5 Å². The molecule has 0 aliphatic carbocycles. The van der Waals surface area contributed by atoms with Gasteiger partial charge in [-0.3, -0.25) is 0 Å². The van der Waals surface area contributed by atoms with Gasteiger partial charge in [-0.15, -0.1) is 0 Å². The molecule has 21 heavy (non-hydrogen) atoms. The first-order chi connectivity index (χ1) is 9.89. The topological polar surface area (TPSA) is 70.1 Å². The number of carbonyl (C=O) groups is 2. The van der Waals surface area contributed by atoms with Gasteiger partial charge >= 0.3 is 12.0 Å². The van der Waals surface area contributed by atoms with Crippen LogP contribution < -0.4 is 0 Å². The van der Waals surface area contributed by atoms with Gasteiger partial charge in [0.25, 0.3) is 0 Å². The Kier molecular flexibility index (Phi) is 4.47. The zero-order chi connectivity index (χ0) is 15.5. The van der Waals surface area contributed by atoms with Crippen molar-refractivity contribution in [3.8, 4) is 0 Å². The number of aliphatic carboxylic acids is 1. The van der Waals surface area contributed by atoms with Crippen molar-refractivity contribution in [3.05, 3.63) is 35.9 Å². The molecule has 0 atom stereocenters. The fourth-order valence-electron chi connectivity index (χ4n) is 2.39. The molecule has 1 aromatic carbocycles. The average molecular weight is 292 g/mol. The predicted molar refractivity (Wildman–Crippen MR) is 76.9 cm³/mol. The molecule has 0 unspecified atom stereocenters. The molecule has 1 N–H and O–H groups in total. The molecule has 0 saturated carbocycles. The summed E-state index contributed by atoms with van der Waals surface area (Å²) in [7, 11) is 1.75. The Labute approximate surface area is 123 Å². The number of carboxylic acid groups (broad SMARTS) is 1. The summed E-state index contributed by atoms with van der Waals surface area (Å²) in [6.07, 6.45) is 0. The van der Waals surface area contributed by atoms with E-state index in [0.29, 0.717) is 19.6 Å². The number of nitrogens with zero attached hydrogens (tertiary/aromatic N) is 2. The number of hydrogen-bond acceptors (Lipinski definition) is 3. The van der Waals surface area contributed by atoms with Crippen molar-refractivity contribution in [3.63, 3.8) is 0 Å². The van der Waals surface area contributed by atoms with E-state index in [-0.39, 0.29) is 12.6 Å². The van der Waals surface area contributed by atoms with Gasteiger partial charge in [0.15, 0.2) is 0 Å². The van der Waals surface area contributed by atoms with Gasteiger partial charge in [0.1, 0.15) is 12.2 Å². The third kappa shape index (κ3) is 3.95. The molecule has 0 spiro atoms. The van der Waals surface area contributed by atoms with E-state index < -0.39 is 11.6 Å². The number of amides is 2. The summed E-state index contributed by atoms with van der Waals surface area (Å²) in [4.78, 5) is 26.0. The largest absolute Gasteiger partial charge is 0.480 e. The number of carboxylic acids is 1. The van der Waals surface area contributed by atoms with Crippen molar-refractivity contribution in [1.29, 1.82) is 0 Å². The van der Waals surface area contributed by atoms with Crippen molar-refractivity contribution < 1.29 is 19.4 Å². The highest BCUT2D eigenvalue weighted by Crippen LogP contribution is 2.25. The van der Waals surface area contributed by atoms with Crippen LogP contribution in [0.4, 0.5) is 4.79 Å². The molecule has 6 heteroatoms. The lowest BCUT2D eigenvalue weighted by Crippen LogP contribution is -2.65. The summed E-state index contributed by atoms with van der Waals surface area (Å²) in [6.45, 7) is 2.86. The number of benzene rings is 1. The molecule has 1 heterocycles. The fraction of sp³-hybridized carbons (Fsp3) is 0.467. The van der Waals surface area contributed by atoms with Gasteiger partial charge < -0.3 is 19.6 Å². The van der Waals surface area contributed by atoms with Crippen LogP contribution >= 0.6 is 0 Å². The molecule has 2 amide bonds. The van der Waals surface area contributed by atoms with E-state index >= 15 is 0 Å². The third-order valence-corrected chi connectivity index (χ3v) is 3.45. The maximum atomic E-state index is 12.2. The van der Waals surface area contributed by atoms with Gasteiger partial charge in [0, 0.05) is 13.6 Å². The van der Waals surface area contributed by atoms with E-state index in [0.717, 1.165) is 5.56 Å². The molecule has 2 rings (SSSR count). The Morgan fingerprint density at radius 3 is 2.52 bits per heavy atom. The maximum Gasteiger partial charge on any atom is 0.329 e. The smallest absolute Gasteiger partial charge is 0.329 e. The Hall–Kier alpha value is -2.08. The average Bonchev–Trinajstić information content (AvgIpc) is 2.42. The molecule has 1 saturated heterocycles. The first kappa shape index (κ1) is 15.3. The highest BCUT2D eigenvalue weighted by molar-refractivity contribution is 5.75. The van der Waals surface area contributed by atoms with E-state index in [1.165, 1.54) is 0 Å². The zero-order valence-corrected chi connectivity index (χ0v) is 12.3. The second-order valence-electron chi connectivity index (χ2n) is 5.61. The standard InChI is InChI=1S/C15H20N2O4/c1-15(21-9-13(18)19)10-17(11-15)14(20)16(2)8-12-6-4-3-5-7-12/h3-7H,8-11H2,1-2H3,(H,18,19). The van der Waals surface area contributed by atoms with Crippen LogP contribution in [0.15, 0.2) is 30.3 Å². The molecule has 6 nitrogen and oxygen atoms in total. The second-order valence-corrected chi connectivity index (χ2v) is 5.61. The minimum Gasteiger partial charge on any atom is -0.480 e. The lowest BCUT2D eigenvalue weighted by Gasteiger charge is -2.48. The van der Waals surface area contributed by atoms with Gasteiger partial charge in [0.05, 0.1) is 13.1 Å². The van der Waals surface area contributed by atoms with Crippen LogP contribution in [0.3, 0.4) is 0 Å². The Morgan fingerprint density at radius 1 is 1.33 bits per heavy atom. The lowest BCUT2D eigenvalue weighted by molar-refractivity contribution is -0.160. The molecule has 0 radical (unpaired) electrons. The van der Waals surface area contributed by atoms with Crippen molar-refractivity contribution in [2.24, 2.45) is 0 Å². The molecular formula is C15H20N2O4. The molecule has 1 aliphatic heterocycles. The van der Waals surface area contributed by atoms with Crippen molar-refractivity contribution in [2.45, 2.75) is 19.1 Å². The first-order valence-electron chi connectivity index (χ1n) is 6.79. The molecule has 0 aromatic heterocycles. The number of urea groups is 1. The lowest BCUT2D eigenvalue weighted by atomic mass is 9.97. The summed E-state index contributed by atoms with van der Waals surface area (Å²) >= 11 is 0. The van der Waals surface area contributed by atoms with Crippen LogP contribution in [0.25, 0.3) is 0 Å². The van der Waals surface area contributed by atoms with Gasteiger partial charge in [-0.2, -0.15) is 0 Å². The van der Waals surface area contributed by atoms with Gasteiger partial charge in [-0.1, -0.05) is 30.3 Å². The molecular weight excluding hydrogens is 272 g/mol. The Morgan fingerprint density at radius 2 is 1.95 bits per heavy atom. The normalized spacial score (nSPS) is 16.2. The minimum absolute atomic E-state index is 0.0738. The minimum atomic E-state index is -0.998. The number of hydrogen-bond donors (Lipinski definition) is 1. The van der Waals surface area contributed by atoms with Crippen LogP contribution in [-0.2, 0) is 16.1 Å². The quantitative estimate of drug-likeness (QED) is 0.891. The summed E-state index contributed by atoms with van der Waals surface area (Å²) in [5.41, 5.74) is 0.514. The Balaban J connectivity index is 1.81. The summed E-state index contributed by atoms with van der Waals surface area (Å²) in [5.74, 6) is -0.998. The third-order valence-electron chi connectivity index (χ3n) is 3.45. The SMILES string of the molecule is CN(Cc1ccccc1)C(=O)N1CC(C)(OCC(=O)O)C1. The molecule has 114 valence electrons. The van der Waals surface area contributed by atoms with E-state index in [9.17, 15) is 9.59 Å². The van der Waals surface area contributed by atoms with Crippen molar-refractivity contribution in [1.82, 2.24) is 9.80 Å². The van der Waals surface area contributed by atoms with Gasteiger partial charge in [0.2, 0.25) is 0 Å². The number of carbonyl (C=O) groups excluding carboxylic acids is 1. The number of likely N-dealkylation sites (tertiary alicyclic amines) is 1. The van der Waals surface area contributed by atoms with Crippen molar-refractivity contribution >= 4 is 12.0 Å². The van der Waals surface area contributed by atoms with Gasteiger partial charge in [-0.05, 0) is 12.5 Å². The number of ether oxygens (including phenoxy) is 1. The van der Waals surface area contributed by atoms with E-state index in [1.807, 2.05) is 37.3 Å². The van der Waals surface area contributed by atoms with E-state index in [1.54, 1.807) is 16.8 Å². The summed E-state index contributed by atoms with van der Waals surface area (Å²) in [5, 5.41) is 8.61. The summed E-state index contributed by atoms with van der Waals surface area (Å²) in [6, 6.07) is 9.68. The predicted octanol–water partition coefficient (Wildman–Crippen LogP) is 1.41. The molecule has 1 fully saturated rings. The zero-order valence-electron chi connectivity index (χ0n) is 12.3. The molecule has 1 aromatic rings. The van der Waals surface area contributed by atoms with Crippen molar-refractivity contribution in [2.75, 3.05) is 26.7 Å². The molecule has 1 aliphatic rings. The van der Waals surface area contributed by atoms with Crippen LogP contribution in [-0.4, -0.2) is 59.3 Å².